The summed E-state index contributed by atoms with van der Waals surface area (Å²) in [6, 6.07) is 0. The van der Waals surface area contributed by atoms with Crippen LogP contribution in [0, 0.1) is 5.41 Å². The van der Waals surface area contributed by atoms with Gasteiger partial charge in [0.1, 0.15) is 0 Å². The van der Waals surface area contributed by atoms with Crippen molar-refractivity contribution in [3.8, 4) is 0 Å². The van der Waals surface area contributed by atoms with E-state index >= 15 is 0 Å². The third-order valence-corrected chi connectivity index (χ3v) is 7.23. The molecule has 3 fully saturated rings. The molecule has 2 aliphatic heterocycles. The van der Waals surface area contributed by atoms with Gasteiger partial charge < -0.3 is 9.47 Å². The SMILES string of the molecule is C=CCOCC12CCCOC1CCN(S(=O)(=O)C1CC1)C2. The maximum Gasteiger partial charge on any atom is 0.217 e. The highest BCUT2D eigenvalue weighted by molar-refractivity contribution is 7.90. The van der Waals surface area contributed by atoms with E-state index in [-0.39, 0.29) is 16.8 Å². The molecule has 0 spiro atoms. The first-order valence-corrected chi connectivity index (χ1v) is 9.38. The first-order valence-electron chi connectivity index (χ1n) is 7.88. The van der Waals surface area contributed by atoms with Crippen molar-refractivity contribution in [3.05, 3.63) is 12.7 Å². The van der Waals surface area contributed by atoms with Gasteiger partial charge in [0.25, 0.3) is 0 Å². The van der Waals surface area contributed by atoms with Crippen molar-refractivity contribution in [2.75, 3.05) is 32.9 Å². The van der Waals surface area contributed by atoms with Crippen molar-refractivity contribution < 1.29 is 17.9 Å². The van der Waals surface area contributed by atoms with Crippen LogP contribution in [0.4, 0.5) is 0 Å². The molecule has 0 bridgehead atoms. The average molecular weight is 315 g/mol. The van der Waals surface area contributed by atoms with Gasteiger partial charge in [-0.3, -0.25) is 0 Å². The second kappa shape index (κ2) is 5.99. The van der Waals surface area contributed by atoms with Gasteiger partial charge in [0, 0.05) is 25.1 Å². The minimum absolute atomic E-state index is 0.127. The number of piperidine rings is 1. The second-order valence-electron chi connectivity index (χ2n) is 6.50. The fourth-order valence-corrected chi connectivity index (χ4v) is 5.55. The lowest BCUT2D eigenvalue weighted by molar-refractivity contribution is -0.140. The number of fused-ring (bicyclic) bond motifs is 1. The summed E-state index contributed by atoms with van der Waals surface area (Å²) in [5.74, 6) is 0. The summed E-state index contributed by atoms with van der Waals surface area (Å²) < 4.78 is 38.4. The number of ether oxygens (including phenoxy) is 2. The van der Waals surface area contributed by atoms with Crippen LogP contribution in [0.2, 0.25) is 0 Å². The Morgan fingerprint density at radius 3 is 2.90 bits per heavy atom. The van der Waals surface area contributed by atoms with E-state index in [4.69, 9.17) is 9.47 Å². The molecule has 0 aromatic heterocycles. The highest BCUT2D eigenvalue weighted by Gasteiger charge is 2.51. The van der Waals surface area contributed by atoms with Gasteiger partial charge in [-0.15, -0.1) is 6.58 Å². The maximum atomic E-state index is 12.5. The highest BCUT2D eigenvalue weighted by Crippen LogP contribution is 2.43. The minimum Gasteiger partial charge on any atom is -0.377 e. The van der Waals surface area contributed by atoms with Gasteiger partial charge in [0.15, 0.2) is 0 Å². The van der Waals surface area contributed by atoms with Crippen LogP contribution in [0.15, 0.2) is 12.7 Å². The molecule has 2 saturated heterocycles. The van der Waals surface area contributed by atoms with Crippen molar-refractivity contribution in [2.45, 2.75) is 43.5 Å². The summed E-state index contributed by atoms with van der Waals surface area (Å²) in [6.45, 7) is 6.65. The van der Waals surface area contributed by atoms with E-state index in [0.717, 1.165) is 38.7 Å². The largest absolute Gasteiger partial charge is 0.377 e. The molecule has 0 N–H and O–H groups in total. The summed E-state index contributed by atoms with van der Waals surface area (Å²) in [4.78, 5) is 0. The third kappa shape index (κ3) is 3.04. The molecule has 1 saturated carbocycles. The maximum absolute atomic E-state index is 12.5. The van der Waals surface area contributed by atoms with Crippen molar-refractivity contribution in [2.24, 2.45) is 5.41 Å². The molecule has 3 aliphatic rings. The number of sulfonamides is 1. The Balaban J connectivity index is 1.75. The third-order valence-electron chi connectivity index (χ3n) is 4.88. The number of hydrogen-bond donors (Lipinski definition) is 0. The predicted octanol–water partition coefficient (Wildman–Crippen LogP) is 1.55. The van der Waals surface area contributed by atoms with Crippen LogP contribution >= 0.6 is 0 Å². The van der Waals surface area contributed by atoms with E-state index < -0.39 is 10.0 Å². The van der Waals surface area contributed by atoms with Crippen molar-refractivity contribution in [1.29, 1.82) is 0 Å². The zero-order chi connectivity index (χ0) is 14.9. The van der Waals surface area contributed by atoms with Crippen LogP contribution < -0.4 is 0 Å². The molecule has 1 aliphatic carbocycles. The molecule has 2 atom stereocenters. The fraction of sp³-hybridized carbons (Fsp3) is 0.867. The van der Waals surface area contributed by atoms with E-state index in [2.05, 4.69) is 6.58 Å². The quantitative estimate of drug-likeness (QED) is 0.551. The molecule has 0 aromatic carbocycles. The summed E-state index contributed by atoms with van der Waals surface area (Å²) in [6.07, 6.45) is 6.23. The van der Waals surface area contributed by atoms with Crippen molar-refractivity contribution >= 4 is 10.0 Å². The summed E-state index contributed by atoms with van der Waals surface area (Å²) in [5, 5.41) is -0.135. The minimum atomic E-state index is -3.11. The van der Waals surface area contributed by atoms with E-state index in [9.17, 15) is 8.42 Å². The van der Waals surface area contributed by atoms with Gasteiger partial charge in [-0.2, -0.15) is 0 Å². The Kier molecular flexibility index (Phi) is 4.41. The Hall–Kier alpha value is -0.430. The fourth-order valence-electron chi connectivity index (χ4n) is 3.60. The van der Waals surface area contributed by atoms with E-state index in [1.807, 2.05) is 0 Å². The lowest BCUT2D eigenvalue weighted by Crippen LogP contribution is -2.58. The summed E-state index contributed by atoms with van der Waals surface area (Å²) in [5.41, 5.74) is -0.179. The Morgan fingerprint density at radius 1 is 1.38 bits per heavy atom. The van der Waals surface area contributed by atoms with Gasteiger partial charge in [-0.05, 0) is 32.1 Å². The Bertz CT molecular complexity index is 488. The van der Waals surface area contributed by atoms with Gasteiger partial charge in [-0.25, -0.2) is 12.7 Å². The summed E-state index contributed by atoms with van der Waals surface area (Å²) >= 11 is 0. The van der Waals surface area contributed by atoms with Crippen LogP contribution in [-0.4, -0.2) is 57.0 Å². The van der Waals surface area contributed by atoms with Crippen LogP contribution in [-0.2, 0) is 19.5 Å². The lowest BCUT2D eigenvalue weighted by Gasteiger charge is -2.49. The number of rotatable bonds is 6. The average Bonchev–Trinajstić information content (AvgIpc) is 3.32. The molecule has 6 heteroatoms. The van der Waals surface area contributed by atoms with Crippen LogP contribution in [0.5, 0.6) is 0 Å². The van der Waals surface area contributed by atoms with Gasteiger partial charge in [0.2, 0.25) is 10.0 Å². The smallest absolute Gasteiger partial charge is 0.217 e. The molecule has 3 rings (SSSR count). The molecular formula is C15H25NO4S. The second-order valence-corrected chi connectivity index (χ2v) is 8.71. The molecule has 5 nitrogen and oxygen atoms in total. The molecule has 0 aromatic rings. The van der Waals surface area contributed by atoms with E-state index in [1.54, 1.807) is 10.4 Å². The van der Waals surface area contributed by atoms with Crippen molar-refractivity contribution in [1.82, 2.24) is 4.31 Å². The van der Waals surface area contributed by atoms with Crippen molar-refractivity contribution in [3.63, 3.8) is 0 Å². The van der Waals surface area contributed by atoms with Crippen LogP contribution in [0.3, 0.4) is 0 Å². The Labute approximate surface area is 127 Å². The monoisotopic (exact) mass is 315 g/mol. The summed E-state index contributed by atoms with van der Waals surface area (Å²) in [7, 11) is -3.11. The highest BCUT2D eigenvalue weighted by atomic mass is 32.2. The van der Waals surface area contributed by atoms with Crippen LogP contribution in [0.1, 0.15) is 32.1 Å². The zero-order valence-electron chi connectivity index (χ0n) is 12.5. The zero-order valence-corrected chi connectivity index (χ0v) is 13.3. The van der Waals surface area contributed by atoms with E-state index in [1.165, 1.54) is 0 Å². The molecule has 2 heterocycles. The van der Waals surface area contributed by atoms with Crippen LogP contribution in [0.25, 0.3) is 0 Å². The molecule has 0 radical (unpaired) electrons. The predicted molar refractivity (Wildman–Crippen MR) is 80.6 cm³/mol. The first kappa shape index (κ1) is 15.5. The van der Waals surface area contributed by atoms with Gasteiger partial charge >= 0.3 is 0 Å². The first-order chi connectivity index (χ1) is 10.1. The Morgan fingerprint density at radius 2 is 2.19 bits per heavy atom. The van der Waals surface area contributed by atoms with Gasteiger partial charge in [-0.1, -0.05) is 6.08 Å². The normalized spacial score (nSPS) is 34.4. The topological polar surface area (TPSA) is 55.8 Å². The molecule has 0 amide bonds. The molecular weight excluding hydrogens is 290 g/mol. The molecule has 21 heavy (non-hydrogen) atoms. The lowest BCUT2D eigenvalue weighted by atomic mass is 9.73. The molecule has 2 unspecified atom stereocenters. The standard InChI is InChI=1S/C15H25NO4S/c1-2-9-19-12-15-7-3-10-20-14(15)6-8-16(11-15)21(17,18)13-4-5-13/h2,13-14H,1,3-12H2. The molecule has 120 valence electrons. The van der Waals surface area contributed by atoms with Gasteiger partial charge in [0.05, 0.1) is 24.6 Å². The number of hydrogen-bond acceptors (Lipinski definition) is 4. The van der Waals surface area contributed by atoms with E-state index in [0.29, 0.717) is 26.3 Å². The number of nitrogens with zero attached hydrogens (tertiary/aromatic N) is 1.